The molecule has 1 aromatic rings. The van der Waals surface area contributed by atoms with Gasteiger partial charge in [0.25, 0.3) is 0 Å². The molecule has 0 aromatic heterocycles. The molecule has 0 unspecified atom stereocenters. The predicted molar refractivity (Wildman–Crippen MR) is 58.6 cm³/mol. The minimum Gasteiger partial charge on any atom is -0.496 e. The molecule has 1 rings (SSSR count). The second-order valence-electron chi connectivity index (χ2n) is 2.88. The van der Waals surface area contributed by atoms with E-state index in [9.17, 15) is 0 Å². The van der Waals surface area contributed by atoms with Crippen LogP contribution in [0.5, 0.6) is 5.75 Å². The van der Waals surface area contributed by atoms with Crippen LogP contribution in [-0.4, -0.2) is 13.7 Å². The molecule has 0 N–H and O–H groups in total. The van der Waals surface area contributed by atoms with Crippen molar-refractivity contribution < 1.29 is 4.74 Å². The van der Waals surface area contributed by atoms with E-state index in [1.54, 1.807) is 7.11 Å². The molecule has 0 saturated heterocycles. The zero-order valence-electron chi connectivity index (χ0n) is 8.69. The van der Waals surface area contributed by atoms with Gasteiger partial charge in [-0.15, -0.1) is 0 Å². The Labute approximate surface area is 88.5 Å². The Bertz CT molecular complexity index is 451. The maximum absolute atomic E-state index is 8.05. The van der Waals surface area contributed by atoms with Gasteiger partial charge in [0.05, 0.1) is 13.7 Å². The van der Waals surface area contributed by atoms with Crippen molar-refractivity contribution in [3.63, 3.8) is 0 Å². The minimum atomic E-state index is 0.196. The average Bonchev–Trinajstić information content (AvgIpc) is 2.25. The fraction of sp³-hybridized carbons (Fsp3) is 0.273. The number of hydrogen-bond acceptors (Lipinski definition) is 2. The molecular weight excluding hydrogens is 190 g/mol. The summed E-state index contributed by atoms with van der Waals surface area (Å²) in [5.41, 5.74) is 9.98. The summed E-state index contributed by atoms with van der Waals surface area (Å²) in [4.78, 5) is 2.61. The highest BCUT2D eigenvalue weighted by atomic mass is 16.5. The number of hydrogen-bond donors (Lipinski definition) is 0. The summed E-state index contributed by atoms with van der Waals surface area (Å²) in [5, 5.41) is 3.33. The van der Waals surface area contributed by atoms with Gasteiger partial charge in [-0.05, 0) is 36.2 Å². The van der Waals surface area contributed by atoms with E-state index in [0.717, 1.165) is 16.9 Å². The monoisotopic (exact) mass is 201 g/mol. The number of rotatable bonds is 2. The Morgan fingerprint density at radius 2 is 2.33 bits per heavy atom. The zero-order valence-corrected chi connectivity index (χ0v) is 8.69. The van der Waals surface area contributed by atoms with Gasteiger partial charge in [0.2, 0.25) is 0 Å². The van der Waals surface area contributed by atoms with E-state index in [1.807, 2.05) is 25.1 Å². The summed E-state index contributed by atoms with van der Waals surface area (Å²) >= 11 is 0. The second kappa shape index (κ2) is 5.58. The molecule has 0 amide bonds. The van der Waals surface area contributed by atoms with Crippen LogP contribution in [0.25, 0.3) is 10.4 Å². The van der Waals surface area contributed by atoms with Gasteiger partial charge in [0, 0.05) is 10.5 Å². The van der Waals surface area contributed by atoms with E-state index in [-0.39, 0.29) is 6.54 Å². The smallest absolute Gasteiger partial charge is 0.121 e. The molecule has 0 spiro atoms. The van der Waals surface area contributed by atoms with Gasteiger partial charge in [-0.3, -0.25) is 0 Å². The number of benzene rings is 1. The fourth-order valence-electron chi connectivity index (χ4n) is 1.16. The topological polar surface area (TPSA) is 58.0 Å². The molecule has 0 saturated carbocycles. The highest BCUT2D eigenvalue weighted by Gasteiger charge is 1.96. The first-order chi connectivity index (χ1) is 7.27. The molecule has 0 atom stereocenters. The summed E-state index contributed by atoms with van der Waals surface area (Å²) in [5.74, 6) is 6.50. The van der Waals surface area contributed by atoms with Gasteiger partial charge >= 0.3 is 0 Å². The van der Waals surface area contributed by atoms with Gasteiger partial charge in [0.1, 0.15) is 5.75 Å². The number of azide groups is 1. The van der Waals surface area contributed by atoms with Gasteiger partial charge in [-0.1, -0.05) is 17.0 Å². The first-order valence-corrected chi connectivity index (χ1v) is 4.42. The Hall–Kier alpha value is -2.11. The third kappa shape index (κ3) is 3.26. The molecule has 76 valence electrons. The van der Waals surface area contributed by atoms with Crippen LogP contribution >= 0.6 is 0 Å². The molecule has 0 aliphatic rings. The van der Waals surface area contributed by atoms with Crippen molar-refractivity contribution in [3.8, 4) is 17.6 Å². The average molecular weight is 201 g/mol. The van der Waals surface area contributed by atoms with Crippen molar-refractivity contribution in [1.29, 1.82) is 0 Å². The third-order valence-electron chi connectivity index (χ3n) is 1.84. The van der Waals surface area contributed by atoms with Crippen LogP contribution in [-0.2, 0) is 0 Å². The predicted octanol–water partition coefficient (Wildman–Crippen LogP) is 2.67. The molecule has 0 bridgehead atoms. The van der Waals surface area contributed by atoms with E-state index in [1.165, 1.54) is 0 Å². The molecule has 4 heteroatoms. The SMILES string of the molecule is COc1ccc(C#CCN=[N+]=[N-])cc1C. The molecule has 0 radical (unpaired) electrons. The van der Waals surface area contributed by atoms with E-state index in [4.69, 9.17) is 10.3 Å². The van der Waals surface area contributed by atoms with Gasteiger partial charge in [-0.2, -0.15) is 0 Å². The maximum Gasteiger partial charge on any atom is 0.121 e. The lowest BCUT2D eigenvalue weighted by Gasteiger charge is -2.03. The van der Waals surface area contributed by atoms with Crippen molar-refractivity contribution in [2.75, 3.05) is 13.7 Å². The number of nitrogens with zero attached hydrogens (tertiary/aromatic N) is 3. The Morgan fingerprint density at radius 3 is 2.93 bits per heavy atom. The first-order valence-electron chi connectivity index (χ1n) is 4.42. The molecule has 0 fully saturated rings. The van der Waals surface area contributed by atoms with Crippen LogP contribution in [0.15, 0.2) is 23.3 Å². The highest BCUT2D eigenvalue weighted by Crippen LogP contribution is 2.17. The van der Waals surface area contributed by atoms with Crippen molar-refractivity contribution >= 4 is 0 Å². The van der Waals surface area contributed by atoms with Crippen LogP contribution in [0, 0.1) is 18.8 Å². The van der Waals surface area contributed by atoms with E-state index in [2.05, 4.69) is 21.9 Å². The summed E-state index contributed by atoms with van der Waals surface area (Å²) in [7, 11) is 1.63. The van der Waals surface area contributed by atoms with E-state index >= 15 is 0 Å². The third-order valence-corrected chi connectivity index (χ3v) is 1.84. The summed E-state index contributed by atoms with van der Waals surface area (Å²) in [6.07, 6.45) is 0. The van der Waals surface area contributed by atoms with Crippen molar-refractivity contribution in [2.45, 2.75) is 6.92 Å². The molecule has 4 nitrogen and oxygen atoms in total. The summed E-state index contributed by atoms with van der Waals surface area (Å²) in [6.45, 7) is 2.15. The molecule has 0 aliphatic heterocycles. The summed E-state index contributed by atoms with van der Waals surface area (Å²) < 4.78 is 5.13. The number of aryl methyl sites for hydroxylation is 1. The highest BCUT2D eigenvalue weighted by molar-refractivity contribution is 5.43. The van der Waals surface area contributed by atoms with Crippen molar-refractivity contribution in [3.05, 3.63) is 39.8 Å². The van der Waals surface area contributed by atoms with Gasteiger partial charge < -0.3 is 4.74 Å². The molecule has 1 aromatic carbocycles. The van der Waals surface area contributed by atoms with Gasteiger partial charge in [0.15, 0.2) is 0 Å². The maximum atomic E-state index is 8.05. The Kier molecular flexibility index (Phi) is 4.08. The Balaban J connectivity index is 2.82. The molecule has 0 aliphatic carbocycles. The van der Waals surface area contributed by atoms with E-state index < -0.39 is 0 Å². The van der Waals surface area contributed by atoms with Crippen LogP contribution in [0.4, 0.5) is 0 Å². The second-order valence-corrected chi connectivity index (χ2v) is 2.88. The van der Waals surface area contributed by atoms with E-state index in [0.29, 0.717) is 0 Å². The lowest BCUT2D eigenvalue weighted by atomic mass is 10.1. The first kappa shape index (κ1) is 11.0. The van der Waals surface area contributed by atoms with Crippen LogP contribution in [0.3, 0.4) is 0 Å². The van der Waals surface area contributed by atoms with Crippen molar-refractivity contribution in [2.24, 2.45) is 5.11 Å². The van der Waals surface area contributed by atoms with Crippen LogP contribution in [0.2, 0.25) is 0 Å². The fourth-order valence-corrected chi connectivity index (χ4v) is 1.16. The molecular formula is C11H11N3O. The van der Waals surface area contributed by atoms with Crippen LogP contribution in [0.1, 0.15) is 11.1 Å². The van der Waals surface area contributed by atoms with Gasteiger partial charge in [-0.25, -0.2) is 0 Å². The lowest BCUT2D eigenvalue weighted by molar-refractivity contribution is 0.411. The quantitative estimate of drug-likeness (QED) is 0.314. The standard InChI is InChI=1S/C11H11N3O/c1-9-8-10(4-3-7-13-14-12)5-6-11(9)15-2/h5-6,8H,7H2,1-2H3. The molecule has 0 heterocycles. The van der Waals surface area contributed by atoms with Crippen LogP contribution < -0.4 is 4.74 Å². The lowest BCUT2D eigenvalue weighted by Crippen LogP contribution is -1.87. The largest absolute Gasteiger partial charge is 0.496 e. The molecule has 15 heavy (non-hydrogen) atoms. The number of methoxy groups -OCH3 is 1. The minimum absolute atomic E-state index is 0.196. The summed E-state index contributed by atoms with van der Waals surface area (Å²) in [6, 6.07) is 5.67. The zero-order chi connectivity index (χ0) is 11.1. The Morgan fingerprint density at radius 1 is 1.53 bits per heavy atom. The number of ether oxygens (including phenoxy) is 1. The van der Waals surface area contributed by atoms with Crippen molar-refractivity contribution in [1.82, 2.24) is 0 Å². The normalized spacial score (nSPS) is 8.40.